The number of carbonyl (C=O) groups is 1. The van der Waals surface area contributed by atoms with Crippen LogP contribution in [0.1, 0.15) is 45.0 Å². The van der Waals surface area contributed by atoms with Gasteiger partial charge in [-0.05, 0) is 64.3 Å². The molecule has 3 rings (SSSR count). The Morgan fingerprint density at radius 1 is 1.25 bits per heavy atom. The molecule has 1 aliphatic heterocycles. The van der Waals surface area contributed by atoms with Crippen LogP contribution in [0, 0.1) is 6.92 Å². The maximum Gasteiger partial charge on any atom is 0.410 e. The highest BCUT2D eigenvalue weighted by Crippen LogP contribution is 2.21. The van der Waals surface area contributed by atoms with Gasteiger partial charge in [-0.15, -0.1) is 10.2 Å². The molecule has 6 nitrogen and oxygen atoms in total. The maximum absolute atomic E-state index is 12.1. The van der Waals surface area contributed by atoms with E-state index in [-0.39, 0.29) is 6.09 Å². The molecule has 0 unspecified atom stereocenters. The van der Waals surface area contributed by atoms with E-state index in [0.29, 0.717) is 13.1 Å². The maximum atomic E-state index is 12.1. The molecule has 2 aromatic rings. The Balaban J connectivity index is 1.67. The molecule has 0 bridgehead atoms. The van der Waals surface area contributed by atoms with Gasteiger partial charge < -0.3 is 9.64 Å². The number of ether oxygens (including phenoxy) is 1. The van der Waals surface area contributed by atoms with Crippen molar-refractivity contribution in [3.05, 3.63) is 35.3 Å². The largest absolute Gasteiger partial charge is 0.444 e. The predicted octanol–water partition coefficient (Wildman–Crippen LogP) is 3.45. The minimum Gasteiger partial charge on any atom is -0.444 e. The van der Waals surface area contributed by atoms with Crippen LogP contribution in [0.4, 0.5) is 4.79 Å². The molecule has 1 fully saturated rings. The molecule has 1 aliphatic rings. The van der Waals surface area contributed by atoms with Crippen molar-refractivity contribution in [2.45, 2.75) is 46.1 Å². The number of aryl methyl sites for hydroxylation is 1. The van der Waals surface area contributed by atoms with Crippen LogP contribution in [0.5, 0.6) is 0 Å². The molecule has 6 heteroatoms. The molecule has 0 atom stereocenters. The summed E-state index contributed by atoms with van der Waals surface area (Å²) in [6.07, 6.45) is 5.51. The lowest BCUT2D eigenvalue weighted by molar-refractivity contribution is 0.0237. The second-order valence-electron chi connectivity index (χ2n) is 7.26. The Morgan fingerprint density at radius 3 is 2.62 bits per heavy atom. The van der Waals surface area contributed by atoms with Gasteiger partial charge in [0.25, 0.3) is 0 Å². The first-order valence-electron chi connectivity index (χ1n) is 8.30. The highest BCUT2D eigenvalue weighted by molar-refractivity contribution is 5.68. The standard InChI is InChI=1S/C18H24N4O2/c1-13-5-10-22-15(11-13)19-20-16(22)12-14-6-8-21(9-7-14)17(23)24-18(2,3)4/h5,10-12H,6-9H2,1-4H3. The molecule has 0 aromatic carbocycles. The fraction of sp³-hybridized carbons (Fsp3) is 0.500. The summed E-state index contributed by atoms with van der Waals surface area (Å²) in [5, 5.41) is 8.48. The predicted molar refractivity (Wildman–Crippen MR) is 92.7 cm³/mol. The molecule has 0 spiro atoms. The van der Waals surface area contributed by atoms with Crippen molar-refractivity contribution in [2.24, 2.45) is 0 Å². The van der Waals surface area contributed by atoms with Gasteiger partial charge in [0.2, 0.25) is 0 Å². The van der Waals surface area contributed by atoms with Crippen LogP contribution in [0.15, 0.2) is 23.9 Å². The van der Waals surface area contributed by atoms with Crippen LogP contribution in [-0.4, -0.2) is 44.3 Å². The molecule has 1 saturated heterocycles. The molecular weight excluding hydrogens is 304 g/mol. The van der Waals surface area contributed by atoms with E-state index in [9.17, 15) is 4.79 Å². The van der Waals surface area contributed by atoms with Crippen molar-refractivity contribution in [3.8, 4) is 0 Å². The van der Waals surface area contributed by atoms with Gasteiger partial charge in [0, 0.05) is 19.3 Å². The molecule has 1 amide bonds. The summed E-state index contributed by atoms with van der Waals surface area (Å²) in [5.74, 6) is 0.839. The van der Waals surface area contributed by atoms with Crippen molar-refractivity contribution < 1.29 is 9.53 Å². The molecule has 0 N–H and O–H groups in total. The second-order valence-corrected chi connectivity index (χ2v) is 7.26. The van der Waals surface area contributed by atoms with Crippen LogP contribution >= 0.6 is 0 Å². The summed E-state index contributed by atoms with van der Waals surface area (Å²) in [6.45, 7) is 9.06. The van der Waals surface area contributed by atoms with Crippen molar-refractivity contribution in [3.63, 3.8) is 0 Å². The highest BCUT2D eigenvalue weighted by atomic mass is 16.6. The Morgan fingerprint density at radius 2 is 1.96 bits per heavy atom. The molecule has 128 valence electrons. The van der Waals surface area contributed by atoms with Crippen molar-refractivity contribution >= 4 is 17.8 Å². The van der Waals surface area contributed by atoms with E-state index in [2.05, 4.69) is 16.3 Å². The average Bonchev–Trinajstić information content (AvgIpc) is 2.88. The number of amides is 1. The van der Waals surface area contributed by atoms with E-state index >= 15 is 0 Å². The average molecular weight is 328 g/mol. The van der Waals surface area contributed by atoms with Gasteiger partial charge in [-0.3, -0.25) is 4.40 Å². The topological polar surface area (TPSA) is 59.7 Å². The number of rotatable bonds is 1. The first-order valence-corrected chi connectivity index (χ1v) is 8.30. The highest BCUT2D eigenvalue weighted by Gasteiger charge is 2.24. The Bertz CT molecular complexity index is 776. The van der Waals surface area contributed by atoms with E-state index in [4.69, 9.17) is 4.74 Å². The van der Waals surface area contributed by atoms with Gasteiger partial charge in [0.1, 0.15) is 5.60 Å². The minimum absolute atomic E-state index is 0.232. The fourth-order valence-corrected chi connectivity index (χ4v) is 2.74. The molecule has 2 aromatic heterocycles. The summed E-state index contributed by atoms with van der Waals surface area (Å²) in [6, 6.07) is 4.06. The lowest BCUT2D eigenvalue weighted by Crippen LogP contribution is -2.40. The van der Waals surface area contributed by atoms with Gasteiger partial charge >= 0.3 is 6.09 Å². The number of carbonyl (C=O) groups excluding carboxylic acids is 1. The monoisotopic (exact) mass is 328 g/mol. The summed E-state index contributed by atoms with van der Waals surface area (Å²) < 4.78 is 7.41. The SMILES string of the molecule is Cc1ccn2c(C=C3CCN(C(=O)OC(C)(C)C)CC3)nnc2c1. The molecule has 0 aliphatic carbocycles. The summed E-state index contributed by atoms with van der Waals surface area (Å²) in [4.78, 5) is 13.9. The van der Waals surface area contributed by atoms with Gasteiger partial charge in [-0.2, -0.15) is 0 Å². The van der Waals surface area contributed by atoms with E-state index in [0.717, 1.165) is 24.3 Å². The smallest absolute Gasteiger partial charge is 0.410 e. The van der Waals surface area contributed by atoms with E-state index < -0.39 is 5.60 Å². The second kappa shape index (κ2) is 6.26. The van der Waals surface area contributed by atoms with Crippen LogP contribution in [0.3, 0.4) is 0 Å². The number of fused-ring (bicyclic) bond motifs is 1. The first kappa shape index (κ1) is 16.5. The fourth-order valence-electron chi connectivity index (χ4n) is 2.74. The van der Waals surface area contributed by atoms with Crippen molar-refractivity contribution in [1.29, 1.82) is 0 Å². The molecular formula is C18H24N4O2. The van der Waals surface area contributed by atoms with Crippen molar-refractivity contribution in [2.75, 3.05) is 13.1 Å². The number of aromatic nitrogens is 3. The molecule has 0 saturated carbocycles. The number of hydrogen-bond acceptors (Lipinski definition) is 4. The van der Waals surface area contributed by atoms with Crippen LogP contribution in [0.2, 0.25) is 0 Å². The van der Waals surface area contributed by atoms with Crippen molar-refractivity contribution in [1.82, 2.24) is 19.5 Å². The Labute approximate surface area is 142 Å². The van der Waals surface area contributed by atoms with Crippen LogP contribution < -0.4 is 0 Å². The lowest BCUT2D eigenvalue weighted by Gasteiger charge is -2.30. The normalized spacial score (nSPS) is 15.7. The quantitative estimate of drug-likeness (QED) is 0.804. The summed E-state index contributed by atoms with van der Waals surface area (Å²) >= 11 is 0. The number of likely N-dealkylation sites (tertiary alicyclic amines) is 1. The van der Waals surface area contributed by atoms with Crippen LogP contribution in [0.25, 0.3) is 11.7 Å². The molecule has 24 heavy (non-hydrogen) atoms. The zero-order valence-corrected chi connectivity index (χ0v) is 14.7. The van der Waals surface area contributed by atoms with E-state index in [1.54, 1.807) is 4.90 Å². The van der Waals surface area contributed by atoms with Crippen LogP contribution in [-0.2, 0) is 4.74 Å². The summed E-state index contributed by atoms with van der Waals surface area (Å²) in [7, 11) is 0. The zero-order valence-electron chi connectivity index (χ0n) is 14.7. The molecule has 0 radical (unpaired) electrons. The Kier molecular flexibility index (Phi) is 4.30. The third-order valence-electron chi connectivity index (χ3n) is 3.98. The van der Waals surface area contributed by atoms with Gasteiger partial charge in [-0.1, -0.05) is 5.57 Å². The number of hydrogen-bond donors (Lipinski definition) is 0. The minimum atomic E-state index is -0.453. The van der Waals surface area contributed by atoms with Gasteiger partial charge in [0.05, 0.1) is 0 Å². The number of piperidine rings is 1. The molecule has 3 heterocycles. The van der Waals surface area contributed by atoms with E-state index in [1.165, 1.54) is 11.1 Å². The van der Waals surface area contributed by atoms with Gasteiger partial charge in [0.15, 0.2) is 11.5 Å². The first-order chi connectivity index (χ1) is 11.3. The number of nitrogens with zero attached hydrogens (tertiary/aromatic N) is 4. The Hall–Kier alpha value is -2.37. The number of pyridine rings is 1. The zero-order chi connectivity index (χ0) is 17.3. The third kappa shape index (κ3) is 3.75. The summed E-state index contributed by atoms with van der Waals surface area (Å²) in [5.41, 5.74) is 2.85. The third-order valence-corrected chi connectivity index (χ3v) is 3.98. The van der Waals surface area contributed by atoms with E-state index in [1.807, 2.05) is 50.4 Å². The van der Waals surface area contributed by atoms with Gasteiger partial charge in [-0.25, -0.2) is 4.79 Å². The lowest BCUT2D eigenvalue weighted by atomic mass is 10.0.